The summed E-state index contributed by atoms with van der Waals surface area (Å²) in [5, 5.41) is 0.763. The number of nitrogens with zero attached hydrogens (tertiary/aromatic N) is 4. The van der Waals surface area contributed by atoms with Gasteiger partial charge in [0.15, 0.2) is 0 Å². The molecule has 0 aliphatic carbocycles. The largest absolute Gasteiger partial charge is 0.378 e. The predicted octanol–water partition coefficient (Wildman–Crippen LogP) is 0.605. The van der Waals surface area contributed by atoms with Crippen LogP contribution in [0, 0.1) is 5.92 Å². The van der Waals surface area contributed by atoms with Crippen LogP contribution in [0.2, 0.25) is 0 Å². The van der Waals surface area contributed by atoms with Crippen molar-refractivity contribution in [1.82, 2.24) is 19.4 Å². The summed E-state index contributed by atoms with van der Waals surface area (Å²) in [7, 11) is 3.88. The van der Waals surface area contributed by atoms with E-state index in [1.807, 2.05) is 0 Å². The van der Waals surface area contributed by atoms with Gasteiger partial charge in [-0.1, -0.05) is 0 Å². The van der Waals surface area contributed by atoms with E-state index >= 15 is 0 Å². The number of ether oxygens (including phenoxy) is 1. The second-order valence-electron chi connectivity index (χ2n) is 7.28. The molecule has 25 heavy (non-hydrogen) atoms. The first kappa shape index (κ1) is 15.5. The number of hydrogen-bond donors (Lipinski definition) is 0. The van der Waals surface area contributed by atoms with Crippen molar-refractivity contribution in [3.63, 3.8) is 0 Å². The molecule has 0 aromatic carbocycles. The predicted molar refractivity (Wildman–Crippen MR) is 93.7 cm³/mol. The summed E-state index contributed by atoms with van der Waals surface area (Å²) in [6, 6.07) is -0.237. The summed E-state index contributed by atoms with van der Waals surface area (Å²) >= 11 is 1.62. The fraction of sp³-hybridized carbons (Fsp3) is 0.588. The van der Waals surface area contributed by atoms with Crippen LogP contribution >= 0.6 is 11.3 Å². The van der Waals surface area contributed by atoms with Crippen LogP contribution < -0.4 is 5.56 Å². The van der Waals surface area contributed by atoms with Gasteiger partial charge in [-0.25, -0.2) is 4.98 Å². The van der Waals surface area contributed by atoms with Crippen molar-refractivity contribution in [2.75, 3.05) is 33.9 Å². The van der Waals surface area contributed by atoms with Crippen LogP contribution in [0.5, 0.6) is 0 Å². The van der Waals surface area contributed by atoms with E-state index in [0.29, 0.717) is 25.6 Å². The highest BCUT2D eigenvalue weighted by molar-refractivity contribution is 7.18. The minimum atomic E-state index is -0.288. The molecule has 0 N–H and O–H groups in total. The molecular formula is C17H20N4O3S. The van der Waals surface area contributed by atoms with E-state index in [4.69, 9.17) is 9.72 Å². The van der Waals surface area contributed by atoms with E-state index in [1.54, 1.807) is 27.9 Å². The molecule has 2 aromatic rings. The smallest absolute Gasteiger partial charge is 0.262 e. The summed E-state index contributed by atoms with van der Waals surface area (Å²) < 4.78 is 7.32. The van der Waals surface area contributed by atoms with Crippen LogP contribution in [-0.4, -0.2) is 59.1 Å². The first-order valence-corrected chi connectivity index (χ1v) is 9.43. The Hall–Kier alpha value is -1.77. The molecule has 1 amide bonds. The highest BCUT2D eigenvalue weighted by Crippen LogP contribution is 2.35. The molecular weight excluding hydrogens is 340 g/mol. The number of carbonyl (C=O) groups excluding carboxylic acids is 1. The third-order valence-corrected chi connectivity index (χ3v) is 6.74. The number of aromatic nitrogens is 2. The van der Waals surface area contributed by atoms with Crippen molar-refractivity contribution in [1.29, 1.82) is 0 Å². The van der Waals surface area contributed by atoms with Gasteiger partial charge in [0.05, 0.1) is 37.1 Å². The Morgan fingerprint density at radius 3 is 2.88 bits per heavy atom. The molecule has 0 saturated carbocycles. The Labute approximate surface area is 148 Å². The van der Waals surface area contributed by atoms with Crippen molar-refractivity contribution in [2.45, 2.75) is 25.6 Å². The molecule has 2 aromatic heterocycles. The van der Waals surface area contributed by atoms with E-state index in [0.717, 1.165) is 35.3 Å². The minimum absolute atomic E-state index is 0.00523. The van der Waals surface area contributed by atoms with Gasteiger partial charge in [-0.15, -0.1) is 11.3 Å². The van der Waals surface area contributed by atoms with Crippen LogP contribution in [0.1, 0.15) is 22.3 Å². The van der Waals surface area contributed by atoms with Crippen LogP contribution in [0.3, 0.4) is 0 Å². The highest BCUT2D eigenvalue weighted by Gasteiger charge is 2.42. The van der Waals surface area contributed by atoms with Crippen LogP contribution in [-0.2, 0) is 29.0 Å². The topological polar surface area (TPSA) is 67.7 Å². The summed E-state index contributed by atoms with van der Waals surface area (Å²) in [6.45, 7) is 2.98. The number of fused-ring (bicyclic) bond motifs is 6. The zero-order valence-electron chi connectivity index (χ0n) is 14.3. The van der Waals surface area contributed by atoms with Crippen molar-refractivity contribution >= 4 is 27.5 Å². The number of rotatable bonds is 0. The lowest BCUT2D eigenvalue weighted by Gasteiger charge is -2.22. The Balaban J connectivity index is 1.77. The van der Waals surface area contributed by atoms with Crippen LogP contribution in [0.15, 0.2) is 4.79 Å². The van der Waals surface area contributed by atoms with Gasteiger partial charge in [0, 0.05) is 25.0 Å². The Bertz CT molecular complexity index is 949. The third kappa shape index (κ3) is 2.14. The lowest BCUT2D eigenvalue weighted by Crippen LogP contribution is -2.35. The quantitative estimate of drug-likeness (QED) is 0.688. The maximum atomic E-state index is 13.4. The zero-order valence-corrected chi connectivity index (χ0v) is 15.1. The van der Waals surface area contributed by atoms with Crippen molar-refractivity contribution in [3.8, 4) is 0 Å². The fourth-order valence-corrected chi connectivity index (χ4v) is 5.59. The van der Waals surface area contributed by atoms with E-state index in [1.165, 1.54) is 4.88 Å². The average Bonchev–Trinajstić information content (AvgIpc) is 3.15. The molecule has 132 valence electrons. The lowest BCUT2D eigenvalue weighted by molar-refractivity contribution is -0.134. The number of thiophene rings is 1. The van der Waals surface area contributed by atoms with Crippen molar-refractivity contribution in [3.05, 3.63) is 26.6 Å². The first-order valence-electron chi connectivity index (χ1n) is 8.61. The monoisotopic (exact) mass is 360 g/mol. The molecule has 8 heteroatoms. The van der Waals surface area contributed by atoms with E-state index in [2.05, 4.69) is 11.9 Å². The van der Waals surface area contributed by atoms with Gasteiger partial charge in [-0.05, 0) is 19.0 Å². The maximum Gasteiger partial charge on any atom is 0.262 e. The van der Waals surface area contributed by atoms with Crippen LogP contribution in [0.25, 0.3) is 10.2 Å². The average molecular weight is 360 g/mol. The van der Waals surface area contributed by atoms with Gasteiger partial charge < -0.3 is 14.5 Å². The Kier molecular flexibility index (Phi) is 3.32. The molecule has 0 unspecified atom stereocenters. The normalized spacial score (nSPS) is 26.5. The zero-order chi connectivity index (χ0) is 17.3. The SMILES string of the molecule is CN1CCc2c(sc3nc4n(c(=O)c23)[C@H]2COC[C@H]2C(=O)N(C)C4)C1. The summed E-state index contributed by atoms with van der Waals surface area (Å²) in [5.74, 6) is 0.432. The fourth-order valence-electron chi connectivity index (χ4n) is 4.28. The van der Waals surface area contributed by atoms with E-state index in [-0.39, 0.29) is 23.4 Å². The molecule has 7 nitrogen and oxygen atoms in total. The van der Waals surface area contributed by atoms with Crippen LogP contribution in [0.4, 0.5) is 0 Å². The second kappa shape index (κ2) is 5.36. The van der Waals surface area contributed by atoms with Gasteiger partial charge >= 0.3 is 0 Å². The van der Waals surface area contributed by atoms with Gasteiger partial charge in [0.1, 0.15) is 10.7 Å². The molecule has 1 saturated heterocycles. The second-order valence-corrected chi connectivity index (χ2v) is 8.36. The van der Waals surface area contributed by atoms with Crippen molar-refractivity contribution in [2.24, 2.45) is 5.92 Å². The highest BCUT2D eigenvalue weighted by atomic mass is 32.1. The number of carbonyl (C=O) groups is 1. The van der Waals surface area contributed by atoms with Gasteiger partial charge in [-0.2, -0.15) is 0 Å². The molecule has 0 bridgehead atoms. The molecule has 1 fully saturated rings. The number of likely N-dealkylation sites (N-methyl/N-ethyl adjacent to an activating group) is 1. The molecule has 0 radical (unpaired) electrons. The van der Waals surface area contributed by atoms with Gasteiger partial charge in [0.2, 0.25) is 5.91 Å². The Morgan fingerprint density at radius 2 is 2.04 bits per heavy atom. The van der Waals surface area contributed by atoms with Gasteiger partial charge in [-0.3, -0.25) is 14.2 Å². The first-order chi connectivity index (χ1) is 12.0. The van der Waals surface area contributed by atoms with Crippen molar-refractivity contribution < 1.29 is 9.53 Å². The molecule has 0 spiro atoms. The summed E-state index contributed by atoms with van der Waals surface area (Å²) in [4.78, 5) is 36.9. The van der Waals surface area contributed by atoms with Gasteiger partial charge in [0.25, 0.3) is 5.56 Å². The molecule has 3 aliphatic heterocycles. The van der Waals surface area contributed by atoms with E-state index < -0.39 is 0 Å². The standard InChI is InChI=1S/C17H20N4O3S/c1-19-4-3-9-12(5-19)25-15-14(9)17(23)21-11-8-24-7-10(11)16(22)20(2)6-13(21)18-15/h10-11H,3-8H2,1-2H3/t10-,11+/m1/s1. The summed E-state index contributed by atoms with van der Waals surface area (Å²) in [5.41, 5.74) is 1.16. The van der Waals surface area contributed by atoms with E-state index in [9.17, 15) is 9.59 Å². The summed E-state index contributed by atoms with van der Waals surface area (Å²) in [6.07, 6.45) is 0.880. The number of amides is 1. The lowest BCUT2D eigenvalue weighted by atomic mass is 10.0. The molecule has 3 aliphatic rings. The maximum absolute atomic E-state index is 13.4. The third-order valence-electron chi connectivity index (χ3n) is 5.62. The molecule has 5 heterocycles. The minimum Gasteiger partial charge on any atom is -0.378 e. The molecule has 2 atom stereocenters. The number of hydrogen-bond acceptors (Lipinski definition) is 6. The molecule has 5 rings (SSSR count). The Morgan fingerprint density at radius 1 is 1.20 bits per heavy atom.